The van der Waals surface area contributed by atoms with Gasteiger partial charge in [0.2, 0.25) is 10.0 Å². The van der Waals surface area contributed by atoms with Crippen molar-refractivity contribution in [3.8, 4) is 5.75 Å². The number of benzene rings is 1. The Morgan fingerprint density at radius 3 is 2.68 bits per heavy atom. The average molecular weight is 384 g/mol. The Kier molecular flexibility index (Phi) is 6.11. The maximum atomic E-state index is 12.4. The molecule has 10 heteroatoms. The highest BCUT2D eigenvalue weighted by molar-refractivity contribution is 7.89. The zero-order valence-electron chi connectivity index (χ0n) is 14.1. The van der Waals surface area contributed by atoms with E-state index in [1.54, 1.807) is 12.3 Å². The summed E-state index contributed by atoms with van der Waals surface area (Å²) in [7, 11) is -0.759. The van der Waals surface area contributed by atoms with Crippen LogP contribution in [0.1, 0.15) is 22.4 Å². The van der Waals surface area contributed by atoms with Crippen molar-refractivity contribution in [2.45, 2.75) is 18.4 Å². The molecule has 1 aromatic heterocycles. The number of thiazole rings is 1. The van der Waals surface area contributed by atoms with Crippen LogP contribution in [0.2, 0.25) is 0 Å². The lowest BCUT2D eigenvalue weighted by Crippen LogP contribution is -2.22. The van der Waals surface area contributed by atoms with Crippen LogP contribution >= 0.6 is 11.3 Å². The minimum atomic E-state index is -3.63. The number of ether oxygens (including phenoxy) is 1. The van der Waals surface area contributed by atoms with Crippen molar-refractivity contribution in [3.63, 3.8) is 0 Å². The number of sulfonamides is 1. The lowest BCUT2D eigenvalue weighted by Gasteiger charge is -2.15. The van der Waals surface area contributed by atoms with Gasteiger partial charge in [-0.15, -0.1) is 11.3 Å². The van der Waals surface area contributed by atoms with Gasteiger partial charge in [0.05, 0.1) is 17.2 Å². The molecule has 0 saturated carbocycles. The van der Waals surface area contributed by atoms with Gasteiger partial charge in [-0.25, -0.2) is 17.7 Å². The van der Waals surface area contributed by atoms with Crippen LogP contribution < -0.4 is 15.8 Å². The zero-order chi connectivity index (χ0) is 18.6. The number of nitrogens with two attached hydrogens (primary N) is 1. The molecule has 3 N–H and O–H groups in total. The van der Waals surface area contributed by atoms with Gasteiger partial charge < -0.3 is 15.8 Å². The molecule has 0 saturated heterocycles. The second-order valence-corrected chi connectivity index (χ2v) is 8.26. The maximum absolute atomic E-state index is 12.4. The van der Waals surface area contributed by atoms with E-state index in [-0.39, 0.29) is 22.8 Å². The SMILES string of the molecule is CCOc1ccc(S(=O)(=O)N(C)C)cc1NC(=O)c1csc(CN)n1. The predicted molar refractivity (Wildman–Crippen MR) is 96.4 cm³/mol. The summed E-state index contributed by atoms with van der Waals surface area (Å²) in [5.74, 6) is -0.0841. The number of rotatable bonds is 7. The van der Waals surface area contributed by atoms with Crippen molar-refractivity contribution >= 4 is 33.0 Å². The van der Waals surface area contributed by atoms with Crippen LogP contribution in [-0.2, 0) is 16.6 Å². The Labute approximate surface area is 150 Å². The normalized spacial score (nSPS) is 11.6. The highest BCUT2D eigenvalue weighted by Gasteiger charge is 2.20. The van der Waals surface area contributed by atoms with Gasteiger partial charge in [0, 0.05) is 26.0 Å². The van der Waals surface area contributed by atoms with Gasteiger partial charge in [0.15, 0.2) is 0 Å². The predicted octanol–water partition coefficient (Wildman–Crippen LogP) is 1.50. The third-order valence-electron chi connectivity index (χ3n) is 3.24. The third-order valence-corrected chi connectivity index (χ3v) is 5.92. The topological polar surface area (TPSA) is 115 Å². The lowest BCUT2D eigenvalue weighted by atomic mass is 10.3. The number of hydrogen-bond acceptors (Lipinski definition) is 7. The summed E-state index contributed by atoms with van der Waals surface area (Å²) < 4.78 is 31.2. The number of anilines is 1. The molecule has 0 aliphatic rings. The first kappa shape index (κ1) is 19.3. The van der Waals surface area contributed by atoms with Crippen molar-refractivity contribution < 1.29 is 17.9 Å². The Balaban J connectivity index is 2.38. The number of nitrogens with zero attached hydrogens (tertiary/aromatic N) is 2. The molecule has 0 aliphatic carbocycles. The smallest absolute Gasteiger partial charge is 0.275 e. The zero-order valence-corrected chi connectivity index (χ0v) is 15.8. The number of carbonyl (C=O) groups excluding carboxylic acids is 1. The van der Waals surface area contributed by atoms with E-state index >= 15 is 0 Å². The molecule has 2 aromatic rings. The van der Waals surface area contributed by atoms with E-state index in [9.17, 15) is 13.2 Å². The van der Waals surface area contributed by atoms with E-state index in [1.165, 1.54) is 43.6 Å². The van der Waals surface area contributed by atoms with Crippen LogP contribution in [0.5, 0.6) is 5.75 Å². The molecule has 8 nitrogen and oxygen atoms in total. The molecule has 1 heterocycles. The molecule has 136 valence electrons. The van der Waals surface area contributed by atoms with Crippen LogP contribution in [0.15, 0.2) is 28.5 Å². The van der Waals surface area contributed by atoms with Gasteiger partial charge in [0.1, 0.15) is 16.5 Å². The van der Waals surface area contributed by atoms with Crippen LogP contribution in [0, 0.1) is 0 Å². The fourth-order valence-corrected chi connectivity index (χ4v) is 3.54. The second kappa shape index (κ2) is 7.91. The third kappa shape index (κ3) is 4.34. The number of amides is 1. The molecule has 1 amide bonds. The van der Waals surface area contributed by atoms with Gasteiger partial charge >= 0.3 is 0 Å². The minimum absolute atomic E-state index is 0.0529. The summed E-state index contributed by atoms with van der Waals surface area (Å²) in [5.41, 5.74) is 5.98. The molecule has 2 rings (SSSR count). The molecular weight excluding hydrogens is 364 g/mol. The quantitative estimate of drug-likeness (QED) is 0.748. The molecule has 0 spiro atoms. The minimum Gasteiger partial charge on any atom is -0.492 e. The number of carbonyl (C=O) groups is 1. The highest BCUT2D eigenvalue weighted by atomic mass is 32.2. The number of aromatic nitrogens is 1. The van der Waals surface area contributed by atoms with Crippen molar-refractivity contribution in [1.29, 1.82) is 0 Å². The van der Waals surface area contributed by atoms with Crippen molar-refractivity contribution in [3.05, 3.63) is 34.3 Å². The first-order chi connectivity index (χ1) is 11.8. The van der Waals surface area contributed by atoms with Crippen LogP contribution in [-0.4, -0.2) is 44.3 Å². The Morgan fingerprint density at radius 2 is 2.12 bits per heavy atom. The molecule has 0 unspecified atom stereocenters. The molecule has 0 bridgehead atoms. The van der Waals surface area contributed by atoms with E-state index in [4.69, 9.17) is 10.5 Å². The Bertz CT molecular complexity index is 862. The van der Waals surface area contributed by atoms with Crippen molar-refractivity contribution in [2.75, 3.05) is 26.0 Å². The molecule has 25 heavy (non-hydrogen) atoms. The first-order valence-corrected chi connectivity index (χ1v) is 9.76. The van der Waals surface area contributed by atoms with Crippen LogP contribution in [0.25, 0.3) is 0 Å². The number of nitrogens with one attached hydrogen (secondary N) is 1. The monoisotopic (exact) mass is 384 g/mol. The maximum Gasteiger partial charge on any atom is 0.275 e. The second-order valence-electron chi connectivity index (χ2n) is 5.16. The lowest BCUT2D eigenvalue weighted by molar-refractivity contribution is 0.102. The van der Waals surface area contributed by atoms with Crippen molar-refractivity contribution in [2.24, 2.45) is 5.73 Å². The fourth-order valence-electron chi connectivity index (χ4n) is 1.95. The summed E-state index contributed by atoms with van der Waals surface area (Å²) >= 11 is 1.28. The van der Waals surface area contributed by atoms with E-state index < -0.39 is 15.9 Å². The standard InChI is InChI=1S/C15H20N4O4S2/c1-4-23-13-6-5-10(25(21,22)19(2)3)7-11(13)18-15(20)12-9-24-14(8-16)17-12/h5-7,9H,4,8,16H2,1-3H3,(H,18,20). The molecule has 1 aromatic carbocycles. The number of hydrogen-bond donors (Lipinski definition) is 2. The van der Waals surface area contributed by atoms with E-state index in [0.717, 1.165) is 4.31 Å². The summed E-state index contributed by atoms with van der Waals surface area (Å²) in [6.07, 6.45) is 0. The van der Waals surface area contributed by atoms with Gasteiger partial charge in [0.25, 0.3) is 5.91 Å². The van der Waals surface area contributed by atoms with E-state index in [1.807, 2.05) is 0 Å². The van der Waals surface area contributed by atoms with Gasteiger partial charge in [-0.2, -0.15) is 0 Å². The Morgan fingerprint density at radius 1 is 1.40 bits per heavy atom. The van der Waals surface area contributed by atoms with Gasteiger partial charge in [-0.3, -0.25) is 4.79 Å². The molecule has 0 atom stereocenters. The molecule has 0 fully saturated rings. The van der Waals surface area contributed by atoms with Crippen LogP contribution in [0.4, 0.5) is 5.69 Å². The first-order valence-electron chi connectivity index (χ1n) is 7.44. The molecule has 0 radical (unpaired) electrons. The van der Waals surface area contributed by atoms with Crippen molar-refractivity contribution in [1.82, 2.24) is 9.29 Å². The summed E-state index contributed by atoms with van der Waals surface area (Å²) in [4.78, 5) is 16.5. The largest absolute Gasteiger partial charge is 0.492 e. The molecular formula is C15H20N4O4S2. The highest BCUT2D eigenvalue weighted by Crippen LogP contribution is 2.29. The average Bonchev–Trinajstić information content (AvgIpc) is 3.05. The summed E-state index contributed by atoms with van der Waals surface area (Å²) in [6, 6.07) is 4.32. The van der Waals surface area contributed by atoms with Gasteiger partial charge in [-0.05, 0) is 25.1 Å². The molecule has 0 aliphatic heterocycles. The van der Waals surface area contributed by atoms with Gasteiger partial charge in [-0.1, -0.05) is 0 Å². The summed E-state index contributed by atoms with van der Waals surface area (Å²) in [6.45, 7) is 2.42. The fraction of sp³-hybridized carbons (Fsp3) is 0.333. The van der Waals surface area contributed by atoms with Crippen LogP contribution in [0.3, 0.4) is 0 Å². The van der Waals surface area contributed by atoms with E-state index in [0.29, 0.717) is 17.4 Å². The Hall–Kier alpha value is -2.01. The summed E-state index contributed by atoms with van der Waals surface area (Å²) in [5, 5.41) is 4.89. The van der Waals surface area contributed by atoms with E-state index in [2.05, 4.69) is 10.3 Å².